The second kappa shape index (κ2) is 6.95. The van der Waals surface area contributed by atoms with Crippen molar-refractivity contribution in [2.45, 2.75) is 32.2 Å². The Morgan fingerprint density at radius 2 is 2.31 bits per heavy atom. The number of pyridine rings is 1. The molecule has 0 aliphatic heterocycles. The summed E-state index contributed by atoms with van der Waals surface area (Å²) in [6.45, 7) is 2.05. The minimum atomic E-state index is -0.0668. The van der Waals surface area contributed by atoms with Crippen molar-refractivity contribution >= 4 is 5.91 Å². The molecule has 0 radical (unpaired) electrons. The lowest BCUT2D eigenvalue weighted by molar-refractivity contribution is -0.121. The molecule has 0 unspecified atom stereocenters. The van der Waals surface area contributed by atoms with Crippen molar-refractivity contribution in [2.75, 3.05) is 6.61 Å². The topological polar surface area (TPSA) is 62.2 Å². The van der Waals surface area contributed by atoms with E-state index < -0.39 is 0 Å². The molecule has 1 aromatic rings. The zero-order valence-electron chi connectivity index (χ0n) is 9.52. The summed E-state index contributed by atoms with van der Waals surface area (Å²) in [6, 6.07) is 5.57. The molecular weight excluding hydrogens is 204 g/mol. The van der Waals surface area contributed by atoms with E-state index in [1.54, 1.807) is 6.20 Å². The van der Waals surface area contributed by atoms with Gasteiger partial charge in [-0.25, -0.2) is 0 Å². The molecule has 2 N–H and O–H groups in total. The minimum Gasteiger partial charge on any atom is -0.396 e. The molecule has 4 heteroatoms. The van der Waals surface area contributed by atoms with E-state index in [-0.39, 0.29) is 18.6 Å². The Kier molecular flexibility index (Phi) is 5.50. The normalized spacial score (nSPS) is 12.1. The number of carbonyl (C=O) groups excluding carboxylic acids is 1. The average Bonchev–Trinajstić information content (AvgIpc) is 2.30. The van der Waals surface area contributed by atoms with Crippen LogP contribution in [0.3, 0.4) is 0 Å². The van der Waals surface area contributed by atoms with Gasteiger partial charge in [0.1, 0.15) is 0 Å². The van der Waals surface area contributed by atoms with Gasteiger partial charge in [0.05, 0.1) is 11.7 Å². The highest BCUT2D eigenvalue weighted by atomic mass is 16.2. The number of aliphatic hydroxyl groups is 1. The number of rotatable bonds is 6. The smallest absolute Gasteiger partial charge is 0.220 e. The van der Waals surface area contributed by atoms with Crippen molar-refractivity contribution in [3.05, 3.63) is 30.1 Å². The maximum atomic E-state index is 11.5. The molecule has 0 bridgehead atoms. The van der Waals surface area contributed by atoms with Crippen LogP contribution in [0.2, 0.25) is 0 Å². The summed E-state index contributed by atoms with van der Waals surface area (Å²) < 4.78 is 0. The van der Waals surface area contributed by atoms with Gasteiger partial charge in [-0.3, -0.25) is 9.78 Å². The lowest BCUT2D eigenvalue weighted by atomic mass is 10.2. The standard InChI is InChI=1S/C12H18N2O2/c1-10(11-6-2-4-8-13-11)14-12(16)7-3-5-9-15/h2,4,6,8,10,15H,3,5,7,9H2,1H3,(H,14,16)/t10-/m0/s1. The first-order chi connectivity index (χ1) is 7.74. The quantitative estimate of drug-likeness (QED) is 0.715. The summed E-state index contributed by atoms with van der Waals surface area (Å²) in [4.78, 5) is 15.7. The second-order valence-corrected chi connectivity index (χ2v) is 3.72. The van der Waals surface area contributed by atoms with Crippen LogP contribution < -0.4 is 5.32 Å². The Hall–Kier alpha value is -1.42. The SMILES string of the molecule is C[C@H](NC(=O)CCCCO)c1ccccn1. The predicted molar refractivity (Wildman–Crippen MR) is 61.7 cm³/mol. The molecule has 1 aromatic heterocycles. The molecular formula is C12H18N2O2. The van der Waals surface area contributed by atoms with Gasteiger partial charge in [0, 0.05) is 19.2 Å². The monoisotopic (exact) mass is 222 g/mol. The molecule has 0 saturated heterocycles. The number of aliphatic hydroxyl groups excluding tert-OH is 1. The Balaban J connectivity index is 2.34. The fourth-order valence-corrected chi connectivity index (χ4v) is 1.42. The fourth-order valence-electron chi connectivity index (χ4n) is 1.42. The maximum absolute atomic E-state index is 11.5. The van der Waals surface area contributed by atoms with Gasteiger partial charge in [-0.15, -0.1) is 0 Å². The van der Waals surface area contributed by atoms with Crippen molar-refractivity contribution in [1.29, 1.82) is 0 Å². The van der Waals surface area contributed by atoms with E-state index in [1.807, 2.05) is 25.1 Å². The molecule has 16 heavy (non-hydrogen) atoms. The van der Waals surface area contributed by atoms with E-state index in [2.05, 4.69) is 10.3 Å². The van der Waals surface area contributed by atoms with E-state index in [0.29, 0.717) is 12.8 Å². The van der Waals surface area contributed by atoms with Gasteiger partial charge >= 0.3 is 0 Å². The van der Waals surface area contributed by atoms with Crippen molar-refractivity contribution in [2.24, 2.45) is 0 Å². The molecule has 0 aliphatic carbocycles. The highest BCUT2D eigenvalue weighted by Gasteiger charge is 2.09. The first-order valence-electron chi connectivity index (χ1n) is 5.55. The number of nitrogens with zero attached hydrogens (tertiary/aromatic N) is 1. The van der Waals surface area contributed by atoms with E-state index in [1.165, 1.54) is 0 Å². The van der Waals surface area contributed by atoms with Crippen molar-refractivity contribution in [1.82, 2.24) is 10.3 Å². The molecule has 4 nitrogen and oxygen atoms in total. The molecule has 1 heterocycles. The van der Waals surface area contributed by atoms with Crippen LogP contribution >= 0.6 is 0 Å². The Bertz CT molecular complexity index is 314. The summed E-state index contributed by atoms with van der Waals surface area (Å²) in [6.07, 6.45) is 3.56. The third-order valence-electron chi connectivity index (χ3n) is 2.32. The molecule has 88 valence electrons. The maximum Gasteiger partial charge on any atom is 0.220 e. The number of hydrogen-bond acceptors (Lipinski definition) is 3. The second-order valence-electron chi connectivity index (χ2n) is 3.72. The number of nitrogens with one attached hydrogen (secondary N) is 1. The lowest BCUT2D eigenvalue weighted by Crippen LogP contribution is -2.26. The van der Waals surface area contributed by atoms with Crippen LogP contribution in [0.25, 0.3) is 0 Å². The van der Waals surface area contributed by atoms with E-state index in [9.17, 15) is 4.79 Å². The number of amides is 1. The first-order valence-corrected chi connectivity index (χ1v) is 5.55. The summed E-state index contributed by atoms with van der Waals surface area (Å²) in [5, 5.41) is 11.5. The van der Waals surface area contributed by atoms with E-state index in [4.69, 9.17) is 5.11 Å². The van der Waals surface area contributed by atoms with E-state index >= 15 is 0 Å². The van der Waals surface area contributed by atoms with Crippen LogP contribution in [0.4, 0.5) is 0 Å². The van der Waals surface area contributed by atoms with Crippen LogP contribution in [0, 0.1) is 0 Å². The Morgan fingerprint density at radius 3 is 2.94 bits per heavy atom. The summed E-state index contributed by atoms with van der Waals surface area (Å²) in [7, 11) is 0. The highest BCUT2D eigenvalue weighted by Crippen LogP contribution is 2.08. The van der Waals surface area contributed by atoms with Crippen molar-refractivity contribution in [3.8, 4) is 0 Å². The number of aromatic nitrogens is 1. The van der Waals surface area contributed by atoms with Gasteiger partial charge in [-0.2, -0.15) is 0 Å². The Labute approximate surface area is 95.7 Å². The van der Waals surface area contributed by atoms with E-state index in [0.717, 1.165) is 12.1 Å². The fraction of sp³-hybridized carbons (Fsp3) is 0.500. The summed E-state index contributed by atoms with van der Waals surface area (Å²) >= 11 is 0. The van der Waals surface area contributed by atoms with Gasteiger partial charge in [0.15, 0.2) is 0 Å². The minimum absolute atomic E-state index is 0.00611. The van der Waals surface area contributed by atoms with Gasteiger partial charge in [-0.05, 0) is 31.9 Å². The van der Waals surface area contributed by atoms with Gasteiger partial charge < -0.3 is 10.4 Å². The molecule has 0 saturated carbocycles. The zero-order chi connectivity index (χ0) is 11.8. The van der Waals surface area contributed by atoms with Crippen LogP contribution in [0.5, 0.6) is 0 Å². The first kappa shape index (κ1) is 12.6. The predicted octanol–water partition coefficient (Wildman–Crippen LogP) is 1.42. The highest BCUT2D eigenvalue weighted by molar-refractivity contribution is 5.76. The third kappa shape index (κ3) is 4.40. The van der Waals surface area contributed by atoms with Crippen LogP contribution in [-0.2, 0) is 4.79 Å². The summed E-state index contributed by atoms with van der Waals surface area (Å²) in [5.41, 5.74) is 0.859. The van der Waals surface area contributed by atoms with Crippen molar-refractivity contribution in [3.63, 3.8) is 0 Å². The Morgan fingerprint density at radius 1 is 1.50 bits per heavy atom. The van der Waals surface area contributed by atoms with Gasteiger partial charge in [0.25, 0.3) is 0 Å². The third-order valence-corrected chi connectivity index (χ3v) is 2.32. The summed E-state index contributed by atoms with van der Waals surface area (Å²) in [5.74, 6) is 0.00611. The number of carbonyl (C=O) groups is 1. The van der Waals surface area contributed by atoms with Crippen molar-refractivity contribution < 1.29 is 9.90 Å². The van der Waals surface area contributed by atoms with Crippen LogP contribution in [0.1, 0.15) is 37.9 Å². The molecule has 0 fully saturated rings. The van der Waals surface area contributed by atoms with Gasteiger partial charge in [-0.1, -0.05) is 6.07 Å². The zero-order valence-corrected chi connectivity index (χ0v) is 9.52. The largest absolute Gasteiger partial charge is 0.396 e. The average molecular weight is 222 g/mol. The molecule has 1 rings (SSSR count). The van der Waals surface area contributed by atoms with Crippen LogP contribution in [0.15, 0.2) is 24.4 Å². The molecule has 0 aromatic carbocycles. The molecule has 1 amide bonds. The molecule has 0 aliphatic rings. The number of hydrogen-bond donors (Lipinski definition) is 2. The van der Waals surface area contributed by atoms with Gasteiger partial charge in [0.2, 0.25) is 5.91 Å². The molecule has 1 atom stereocenters. The number of unbranched alkanes of at least 4 members (excludes halogenated alkanes) is 1. The molecule has 0 spiro atoms. The lowest BCUT2D eigenvalue weighted by Gasteiger charge is -2.12. The van der Waals surface area contributed by atoms with Crippen LogP contribution in [-0.4, -0.2) is 22.6 Å².